The smallest absolute Gasteiger partial charge is 0.0312 e. The Bertz CT molecular complexity index is 229. The molecule has 0 fully saturated rings. The Morgan fingerprint density at radius 2 is 2.00 bits per heavy atom. The van der Waals surface area contributed by atoms with Crippen molar-refractivity contribution >= 4 is 6.21 Å². The van der Waals surface area contributed by atoms with Crippen LogP contribution in [-0.2, 0) is 0 Å². The molecule has 1 aromatic rings. The first-order valence-electron chi connectivity index (χ1n) is 3.63. The number of nitrogens with two attached hydrogens (primary N) is 1. The van der Waals surface area contributed by atoms with Crippen LogP contribution < -0.4 is 5.84 Å². The van der Waals surface area contributed by atoms with Crippen molar-refractivity contribution < 1.29 is 0 Å². The molecule has 11 heavy (non-hydrogen) atoms. The van der Waals surface area contributed by atoms with Gasteiger partial charge in [-0.15, -0.1) is 0 Å². The fraction of sp³-hybridized carbons (Fsp3) is 0.222. The third-order valence-corrected chi connectivity index (χ3v) is 1.64. The first-order chi connectivity index (χ1) is 5.34. The molecule has 0 radical (unpaired) electrons. The Morgan fingerprint density at radius 3 is 2.55 bits per heavy atom. The lowest BCUT2D eigenvalue weighted by molar-refractivity contribution is 1.03. The molecular formula is C9H12N2. The van der Waals surface area contributed by atoms with Gasteiger partial charge in [0, 0.05) is 12.1 Å². The third kappa shape index (κ3) is 2.08. The van der Waals surface area contributed by atoms with Crippen LogP contribution in [-0.4, -0.2) is 6.21 Å². The number of hydrogen-bond donors (Lipinski definition) is 1. The van der Waals surface area contributed by atoms with Crippen LogP contribution in [0.3, 0.4) is 0 Å². The molecule has 2 nitrogen and oxygen atoms in total. The van der Waals surface area contributed by atoms with Gasteiger partial charge < -0.3 is 5.84 Å². The van der Waals surface area contributed by atoms with Gasteiger partial charge in [-0.2, -0.15) is 5.10 Å². The number of rotatable bonds is 2. The zero-order valence-electron chi connectivity index (χ0n) is 6.57. The molecular weight excluding hydrogens is 136 g/mol. The monoisotopic (exact) mass is 148 g/mol. The molecule has 1 rings (SSSR count). The Labute approximate surface area is 66.7 Å². The highest BCUT2D eigenvalue weighted by Crippen LogP contribution is 2.10. The Hall–Kier alpha value is -1.31. The molecule has 0 amide bonds. The Morgan fingerprint density at radius 1 is 1.36 bits per heavy atom. The van der Waals surface area contributed by atoms with Gasteiger partial charge in [-0.3, -0.25) is 0 Å². The van der Waals surface area contributed by atoms with E-state index < -0.39 is 0 Å². The second kappa shape index (κ2) is 3.76. The van der Waals surface area contributed by atoms with Crippen LogP contribution in [0.2, 0.25) is 0 Å². The summed E-state index contributed by atoms with van der Waals surface area (Å²) >= 11 is 0. The van der Waals surface area contributed by atoms with Crippen molar-refractivity contribution in [2.45, 2.75) is 12.8 Å². The zero-order valence-corrected chi connectivity index (χ0v) is 6.57. The van der Waals surface area contributed by atoms with Crippen LogP contribution in [0.25, 0.3) is 0 Å². The molecule has 0 heterocycles. The number of hydrazone groups is 1. The SMILES string of the molecule is CC(/C=N/N)c1ccccc1. The molecule has 0 spiro atoms. The lowest BCUT2D eigenvalue weighted by Gasteiger charge is -2.03. The summed E-state index contributed by atoms with van der Waals surface area (Å²) in [6.07, 6.45) is 1.73. The van der Waals surface area contributed by atoms with E-state index in [1.54, 1.807) is 6.21 Å². The first kappa shape index (κ1) is 7.79. The minimum atomic E-state index is 0.307. The normalized spacial score (nSPS) is 13.5. The summed E-state index contributed by atoms with van der Waals surface area (Å²) in [7, 11) is 0. The highest BCUT2D eigenvalue weighted by Gasteiger charge is 1.98. The summed E-state index contributed by atoms with van der Waals surface area (Å²) < 4.78 is 0. The lowest BCUT2D eigenvalue weighted by Crippen LogP contribution is -1.96. The predicted molar refractivity (Wildman–Crippen MR) is 47.5 cm³/mol. The van der Waals surface area contributed by atoms with E-state index in [2.05, 4.69) is 24.2 Å². The van der Waals surface area contributed by atoms with Crippen LogP contribution in [0.5, 0.6) is 0 Å². The number of hydrogen-bond acceptors (Lipinski definition) is 2. The standard InChI is InChI=1S/C9H12N2/c1-8(7-11-10)9-5-3-2-4-6-9/h2-8H,10H2,1H3/b11-7+. The fourth-order valence-electron chi connectivity index (χ4n) is 0.972. The van der Waals surface area contributed by atoms with Crippen molar-refractivity contribution in [3.8, 4) is 0 Å². The molecule has 1 atom stereocenters. The van der Waals surface area contributed by atoms with Crippen LogP contribution >= 0.6 is 0 Å². The maximum atomic E-state index is 5.04. The maximum Gasteiger partial charge on any atom is 0.0312 e. The van der Waals surface area contributed by atoms with Crippen LogP contribution in [0.4, 0.5) is 0 Å². The van der Waals surface area contributed by atoms with Crippen molar-refractivity contribution in [1.82, 2.24) is 0 Å². The van der Waals surface area contributed by atoms with Gasteiger partial charge in [-0.25, -0.2) is 0 Å². The van der Waals surface area contributed by atoms with E-state index in [1.165, 1.54) is 5.56 Å². The summed E-state index contributed by atoms with van der Waals surface area (Å²) in [4.78, 5) is 0. The quantitative estimate of drug-likeness (QED) is 0.387. The van der Waals surface area contributed by atoms with Crippen molar-refractivity contribution in [3.05, 3.63) is 35.9 Å². The summed E-state index contributed by atoms with van der Waals surface area (Å²) in [5.41, 5.74) is 1.24. The fourth-order valence-corrected chi connectivity index (χ4v) is 0.972. The molecule has 58 valence electrons. The highest BCUT2D eigenvalue weighted by molar-refractivity contribution is 5.66. The third-order valence-electron chi connectivity index (χ3n) is 1.64. The summed E-state index contributed by atoms with van der Waals surface area (Å²) in [6, 6.07) is 10.1. The molecule has 0 saturated carbocycles. The second-order valence-electron chi connectivity index (χ2n) is 2.50. The molecule has 0 saturated heterocycles. The molecule has 0 aromatic heterocycles. The van der Waals surface area contributed by atoms with E-state index in [9.17, 15) is 0 Å². The predicted octanol–water partition coefficient (Wildman–Crippen LogP) is 1.73. The summed E-state index contributed by atoms with van der Waals surface area (Å²) in [5.74, 6) is 5.34. The van der Waals surface area contributed by atoms with Gasteiger partial charge in [0.05, 0.1) is 0 Å². The minimum Gasteiger partial charge on any atom is -0.324 e. The average Bonchev–Trinajstić information content (AvgIpc) is 2.07. The largest absolute Gasteiger partial charge is 0.324 e. The number of benzene rings is 1. The van der Waals surface area contributed by atoms with Crippen LogP contribution in [0.1, 0.15) is 18.4 Å². The van der Waals surface area contributed by atoms with E-state index in [0.29, 0.717) is 5.92 Å². The van der Waals surface area contributed by atoms with Gasteiger partial charge in [0.2, 0.25) is 0 Å². The minimum absolute atomic E-state index is 0.307. The molecule has 1 unspecified atom stereocenters. The van der Waals surface area contributed by atoms with Crippen LogP contribution in [0, 0.1) is 0 Å². The molecule has 0 aliphatic heterocycles. The highest BCUT2D eigenvalue weighted by atomic mass is 15.1. The van der Waals surface area contributed by atoms with Crippen molar-refractivity contribution in [3.63, 3.8) is 0 Å². The van der Waals surface area contributed by atoms with E-state index in [0.717, 1.165) is 0 Å². The topological polar surface area (TPSA) is 38.4 Å². The maximum absolute atomic E-state index is 5.04. The first-order valence-corrected chi connectivity index (χ1v) is 3.63. The molecule has 1 aromatic carbocycles. The molecule has 0 aliphatic carbocycles. The Kier molecular flexibility index (Phi) is 2.66. The number of nitrogens with zero attached hydrogens (tertiary/aromatic N) is 1. The van der Waals surface area contributed by atoms with Crippen molar-refractivity contribution in [2.75, 3.05) is 0 Å². The molecule has 0 aliphatic rings. The summed E-state index contributed by atoms with van der Waals surface area (Å²) in [5, 5.41) is 3.49. The van der Waals surface area contributed by atoms with Gasteiger partial charge in [-0.05, 0) is 5.56 Å². The zero-order chi connectivity index (χ0) is 8.10. The molecule has 2 N–H and O–H groups in total. The van der Waals surface area contributed by atoms with Gasteiger partial charge in [-0.1, -0.05) is 37.3 Å². The van der Waals surface area contributed by atoms with Crippen molar-refractivity contribution in [2.24, 2.45) is 10.9 Å². The van der Waals surface area contributed by atoms with E-state index in [-0.39, 0.29) is 0 Å². The van der Waals surface area contributed by atoms with Crippen molar-refractivity contribution in [1.29, 1.82) is 0 Å². The summed E-state index contributed by atoms with van der Waals surface area (Å²) in [6.45, 7) is 2.06. The van der Waals surface area contributed by atoms with Crippen LogP contribution in [0.15, 0.2) is 35.4 Å². The van der Waals surface area contributed by atoms with Gasteiger partial charge in [0.1, 0.15) is 0 Å². The van der Waals surface area contributed by atoms with E-state index in [4.69, 9.17) is 5.84 Å². The molecule has 0 bridgehead atoms. The van der Waals surface area contributed by atoms with Gasteiger partial charge >= 0.3 is 0 Å². The average molecular weight is 148 g/mol. The van der Waals surface area contributed by atoms with E-state index >= 15 is 0 Å². The van der Waals surface area contributed by atoms with E-state index in [1.807, 2.05) is 18.2 Å². The Balaban J connectivity index is 2.76. The van der Waals surface area contributed by atoms with Gasteiger partial charge in [0.25, 0.3) is 0 Å². The second-order valence-corrected chi connectivity index (χ2v) is 2.50. The molecule has 2 heteroatoms. The van der Waals surface area contributed by atoms with Gasteiger partial charge in [0.15, 0.2) is 0 Å². The lowest BCUT2D eigenvalue weighted by atomic mass is 10.0.